The summed E-state index contributed by atoms with van der Waals surface area (Å²) in [6.07, 6.45) is 2.96. The van der Waals surface area contributed by atoms with Crippen LogP contribution in [-0.2, 0) is 0 Å². The van der Waals surface area contributed by atoms with Crippen molar-refractivity contribution in [2.45, 2.75) is 12.5 Å². The molecular weight excluding hydrogens is 152 g/mol. The molecule has 0 aliphatic carbocycles. The molecule has 1 N–H and O–H groups in total. The summed E-state index contributed by atoms with van der Waals surface area (Å²) in [5.41, 5.74) is 1.03. The van der Waals surface area contributed by atoms with Gasteiger partial charge in [0, 0.05) is 6.20 Å². The zero-order valence-corrected chi connectivity index (χ0v) is 7.08. The molecule has 64 valence electrons. The average molecular weight is 164 g/mol. The van der Waals surface area contributed by atoms with Crippen LogP contribution in [0.1, 0.15) is 18.2 Å². The summed E-state index contributed by atoms with van der Waals surface area (Å²) in [5.74, 6) is 0.884. The van der Waals surface area contributed by atoms with Crippen molar-refractivity contribution in [3.8, 4) is 5.75 Å². The van der Waals surface area contributed by atoms with Crippen molar-refractivity contribution >= 4 is 0 Å². The van der Waals surface area contributed by atoms with E-state index in [0.29, 0.717) is 6.04 Å². The first kappa shape index (κ1) is 7.55. The average Bonchev–Trinajstić information content (AvgIpc) is 2.02. The van der Waals surface area contributed by atoms with Crippen LogP contribution in [0.15, 0.2) is 18.3 Å². The minimum atomic E-state index is 0.404. The molecule has 2 rings (SSSR count). The Hall–Kier alpha value is -1.09. The Kier molecular flexibility index (Phi) is 1.96. The second kappa shape index (κ2) is 3.11. The topological polar surface area (TPSA) is 34.1 Å². The fourth-order valence-electron chi connectivity index (χ4n) is 1.36. The molecule has 1 aliphatic rings. The van der Waals surface area contributed by atoms with Gasteiger partial charge in [-0.15, -0.1) is 0 Å². The Bertz CT molecular complexity index is 271. The van der Waals surface area contributed by atoms with E-state index in [9.17, 15) is 0 Å². The molecule has 0 spiro atoms. The highest BCUT2D eigenvalue weighted by Crippen LogP contribution is 2.28. The molecule has 1 aliphatic heterocycles. The highest BCUT2D eigenvalue weighted by molar-refractivity contribution is 5.30. The van der Waals surface area contributed by atoms with Crippen molar-refractivity contribution in [1.82, 2.24) is 10.3 Å². The highest BCUT2D eigenvalue weighted by Gasteiger charge is 2.22. The summed E-state index contributed by atoms with van der Waals surface area (Å²) in [6, 6.07) is 4.24. The first-order valence-corrected chi connectivity index (χ1v) is 4.14. The van der Waals surface area contributed by atoms with Gasteiger partial charge in [-0.05, 0) is 25.1 Å². The van der Waals surface area contributed by atoms with E-state index in [-0.39, 0.29) is 0 Å². The van der Waals surface area contributed by atoms with Gasteiger partial charge in [0.1, 0.15) is 5.75 Å². The smallest absolute Gasteiger partial charge is 0.141 e. The van der Waals surface area contributed by atoms with Gasteiger partial charge in [-0.2, -0.15) is 0 Å². The molecule has 1 fully saturated rings. The van der Waals surface area contributed by atoms with Gasteiger partial charge < -0.3 is 10.1 Å². The van der Waals surface area contributed by atoms with Crippen LogP contribution in [-0.4, -0.2) is 18.6 Å². The zero-order valence-electron chi connectivity index (χ0n) is 7.08. The van der Waals surface area contributed by atoms with E-state index in [1.165, 1.54) is 0 Å². The van der Waals surface area contributed by atoms with Crippen molar-refractivity contribution in [2.24, 2.45) is 0 Å². The Balaban J connectivity index is 2.27. The molecule has 3 heteroatoms. The summed E-state index contributed by atoms with van der Waals surface area (Å²) in [6.45, 7) is 1.09. The summed E-state index contributed by atoms with van der Waals surface area (Å²) in [4.78, 5) is 4.28. The predicted octanol–water partition coefficient (Wildman–Crippen LogP) is 1.12. The van der Waals surface area contributed by atoms with Gasteiger partial charge in [0.05, 0.1) is 18.8 Å². The first-order valence-electron chi connectivity index (χ1n) is 4.14. The van der Waals surface area contributed by atoms with Gasteiger partial charge in [-0.1, -0.05) is 0 Å². The number of ether oxygens (including phenoxy) is 1. The van der Waals surface area contributed by atoms with Gasteiger partial charge in [0.15, 0.2) is 0 Å². The van der Waals surface area contributed by atoms with E-state index in [1.54, 1.807) is 13.3 Å². The summed E-state index contributed by atoms with van der Waals surface area (Å²) in [7, 11) is 1.68. The van der Waals surface area contributed by atoms with E-state index in [4.69, 9.17) is 4.74 Å². The molecule has 1 saturated heterocycles. The molecule has 0 amide bonds. The maximum Gasteiger partial charge on any atom is 0.141 e. The van der Waals surface area contributed by atoms with Crippen molar-refractivity contribution in [1.29, 1.82) is 0 Å². The van der Waals surface area contributed by atoms with Crippen LogP contribution in [0.3, 0.4) is 0 Å². The van der Waals surface area contributed by atoms with Gasteiger partial charge in [-0.3, -0.25) is 4.98 Å². The van der Waals surface area contributed by atoms with Crippen LogP contribution < -0.4 is 10.1 Å². The van der Waals surface area contributed by atoms with Crippen molar-refractivity contribution in [3.63, 3.8) is 0 Å². The Morgan fingerprint density at radius 1 is 1.67 bits per heavy atom. The Morgan fingerprint density at radius 3 is 3.08 bits per heavy atom. The number of rotatable bonds is 2. The van der Waals surface area contributed by atoms with Crippen molar-refractivity contribution in [2.75, 3.05) is 13.7 Å². The van der Waals surface area contributed by atoms with Gasteiger partial charge in [0.2, 0.25) is 0 Å². The fraction of sp³-hybridized carbons (Fsp3) is 0.444. The Labute approximate surface area is 71.8 Å². The van der Waals surface area contributed by atoms with Crippen LogP contribution in [0, 0.1) is 0 Å². The maximum absolute atomic E-state index is 5.20. The third-order valence-electron chi connectivity index (χ3n) is 2.17. The molecule has 0 radical (unpaired) electrons. The Morgan fingerprint density at radius 2 is 2.50 bits per heavy atom. The summed E-state index contributed by atoms with van der Waals surface area (Å²) >= 11 is 0. The van der Waals surface area contributed by atoms with Gasteiger partial charge in [-0.25, -0.2) is 0 Å². The van der Waals surface area contributed by atoms with Gasteiger partial charge in [0.25, 0.3) is 0 Å². The zero-order chi connectivity index (χ0) is 8.39. The normalized spacial score (nSPS) is 21.6. The molecule has 1 aromatic heterocycles. The summed E-state index contributed by atoms with van der Waals surface area (Å²) in [5, 5.41) is 3.29. The number of aromatic nitrogens is 1. The van der Waals surface area contributed by atoms with E-state index < -0.39 is 0 Å². The molecule has 0 aromatic carbocycles. The monoisotopic (exact) mass is 164 g/mol. The van der Waals surface area contributed by atoms with Gasteiger partial charge >= 0.3 is 0 Å². The lowest BCUT2D eigenvalue weighted by molar-refractivity contribution is 0.345. The predicted molar refractivity (Wildman–Crippen MR) is 46.1 cm³/mol. The van der Waals surface area contributed by atoms with Crippen molar-refractivity contribution in [3.05, 3.63) is 24.0 Å². The van der Waals surface area contributed by atoms with Crippen molar-refractivity contribution < 1.29 is 4.74 Å². The number of nitrogens with one attached hydrogen (secondary N) is 1. The highest BCUT2D eigenvalue weighted by atomic mass is 16.5. The van der Waals surface area contributed by atoms with Crippen LogP contribution in [0.5, 0.6) is 5.75 Å². The SMILES string of the molecule is COc1cccnc1[C@@H]1CCN1. The third kappa shape index (κ3) is 1.16. The minimum absolute atomic E-state index is 0.404. The van der Waals surface area contributed by atoms with E-state index >= 15 is 0 Å². The molecule has 3 nitrogen and oxygen atoms in total. The fourth-order valence-corrected chi connectivity index (χ4v) is 1.36. The standard InChI is InChI=1S/C9H12N2O/c1-12-8-3-2-5-11-9(8)7-4-6-10-7/h2-3,5,7,10H,4,6H2,1H3/t7-/m0/s1. The second-order valence-electron chi connectivity index (χ2n) is 2.89. The second-order valence-corrected chi connectivity index (χ2v) is 2.89. The number of nitrogens with zero attached hydrogens (tertiary/aromatic N) is 1. The molecule has 0 saturated carbocycles. The molecule has 1 atom stereocenters. The lowest BCUT2D eigenvalue weighted by atomic mass is 10.0. The molecule has 12 heavy (non-hydrogen) atoms. The molecular formula is C9H12N2O. The number of hydrogen-bond donors (Lipinski definition) is 1. The molecule has 0 bridgehead atoms. The summed E-state index contributed by atoms with van der Waals surface area (Å²) < 4.78 is 5.20. The third-order valence-corrected chi connectivity index (χ3v) is 2.17. The largest absolute Gasteiger partial charge is 0.495 e. The van der Waals surface area contributed by atoms with Crippen LogP contribution in [0.2, 0.25) is 0 Å². The number of methoxy groups -OCH3 is 1. The van der Waals surface area contributed by atoms with Crippen LogP contribution in [0.25, 0.3) is 0 Å². The maximum atomic E-state index is 5.20. The molecule has 2 heterocycles. The number of pyridine rings is 1. The van der Waals surface area contributed by atoms with E-state index in [2.05, 4.69) is 10.3 Å². The quantitative estimate of drug-likeness (QED) is 0.711. The lowest BCUT2D eigenvalue weighted by Gasteiger charge is -2.27. The molecule has 0 unspecified atom stereocenters. The first-order chi connectivity index (χ1) is 5.92. The van der Waals surface area contributed by atoms with Crippen LogP contribution >= 0.6 is 0 Å². The van der Waals surface area contributed by atoms with Crippen LogP contribution in [0.4, 0.5) is 0 Å². The molecule has 1 aromatic rings. The minimum Gasteiger partial charge on any atom is -0.495 e. The van der Waals surface area contributed by atoms with E-state index in [0.717, 1.165) is 24.4 Å². The number of hydrogen-bond acceptors (Lipinski definition) is 3. The van der Waals surface area contributed by atoms with E-state index in [1.807, 2.05) is 12.1 Å². The lowest BCUT2D eigenvalue weighted by Crippen LogP contribution is -2.35.